The molecule has 7 nitrogen and oxygen atoms in total. The van der Waals surface area contributed by atoms with Gasteiger partial charge in [0.25, 0.3) is 5.69 Å². The summed E-state index contributed by atoms with van der Waals surface area (Å²) >= 11 is 0. The predicted molar refractivity (Wildman–Crippen MR) is 69.2 cm³/mol. The summed E-state index contributed by atoms with van der Waals surface area (Å²) in [7, 11) is 0. The Hall–Kier alpha value is -2.77. The van der Waals surface area contributed by atoms with E-state index in [-0.39, 0.29) is 29.2 Å². The molecule has 1 aromatic heterocycles. The first kappa shape index (κ1) is 14.6. The second-order valence-electron chi connectivity index (χ2n) is 4.14. The molecule has 0 radical (unpaired) electrons. The number of nitro groups is 1. The van der Waals surface area contributed by atoms with Gasteiger partial charge in [-0.25, -0.2) is 9.18 Å². The summed E-state index contributed by atoms with van der Waals surface area (Å²) in [6, 6.07) is 2.93. The largest absolute Gasteiger partial charge is 0.462 e. The molecule has 0 aliphatic carbocycles. The molecule has 110 valence electrons. The minimum atomic E-state index is -0.810. The van der Waals surface area contributed by atoms with Crippen molar-refractivity contribution in [3.05, 3.63) is 45.5 Å². The Morgan fingerprint density at radius 1 is 1.48 bits per heavy atom. The zero-order valence-electron chi connectivity index (χ0n) is 11.3. The quantitative estimate of drug-likeness (QED) is 0.488. The molecule has 1 aromatic carbocycles. The number of hydrogen-bond acceptors (Lipinski definition) is 6. The minimum absolute atomic E-state index is 0.00792. The summed E-state index contributed by atoms with van der Waals surface area (Å²) in [4.78, 5) is 21.9. The summed E-state index contributed by atoms with van der Waals surface area (Å²) in [6.07, 6.45) is 0. The maximum absolute atomic E-state index is 13.5. The third-order valence-corrected chi connectivity index (χ3v) is 2.71. The molecule has 2 aromatic rings. The van der Waals surface area contributed by atoms with Crippen molar-refractivity contribution in [3.8, 4) is 11.3 Å². The van der Waals surface area contributed by atoms with Gasteiger partial charge < -0.3 is 9.26 Å². The Balaban J connectivity index is 2.57. The molecule has 0 unspecified atom stereocenters. The van der Waals surface area contributed by atoms with Gasteiger partial charge in [0.2, 0.25) is 0 Å². The van der Waals surface area contributed by atoms with Crippen LogP contribution in [0.5, 0.6) is 0 Å². The molecular formula is C13H11FN2O5. The lowest BCUT2D eigenvalue weighted by Gasteiger charge is -2.03. The zero-order chi connectivity index (χ0) is 15.6. The van der Waals surface area contributed by atoms with Crippen LogP contribution in [0.1, 0.15) is 23.0 Å². The summed E-state index contributed by atoms with van der Waals surface area (Å²) in [5, 5.41) is 14.4. The molecule has 0 aliphatic rings. The van der Waals surface area contributed by atoms with Crippen molar-refractivity contribution in [3.63, 3.8) is 0 Å². The molecule has 0 spiro atoms. The molecule has 0 amide bonds. The standard InChI is InChI=1S/C13H11FN2O5/c1-3-20-13(17)11-7(2)21-15-12(11)8-4-9(14)6-10(5-8)16(18)19/h4-6H,3H2,1-2H3. The smallest absolute Gasteiger partial charge is 0.344 e. The Morgan fingerprint density at radius 3 is 2.81 bits per heavy atom. The van der Waals surface area contributed by atoms with Gasteiger partial charge in [0, 0.05) is 11.6 Å². The Bertz CT molecular complexity index is 711. The van der Waals surface area contributed by atoms with E-state index in [4.69, 9.17) is 9.26 Å². The normalized spacial score (nSPS) is 10.4. The highest BCUT2D eigenvalue weighted by molar-refractivity contribution is 5.97. The lowest BCUT2D eigenvalue weighted by Crippen LogP contribution is -2.06. The average Bonchev–Trinajstić information content (AvgIpc) is 2.80. The molecule has 21 heavy (non-hydrogen) atoms. The lowest BCUT2D eigenvalue weighted by atomic mass is 10.1. The molecule has 0 aliphatic heterocycles. The number of ether oxygens (including phenoxy) is 1. The van der Waals surface area contributed by atoms with E-state index in [1.165, 1.54) is 6.92 Å². The number of aryl methyl sites for hydroxylation is 1. The second-order valence-corrected chi connectivity index (χ2v) is 4.14. The van der Waals surface area contributed by atoms with Gasteiger partial charge in [-0.15, -0.1) is 0 Å². The second kappa shape index (κ2) is 5.70. The Labute approximate surface area is 118 Å². The van der Waals surface area contributed by atoms with Crippen LogP contribution in [0.4, 0.5) is 10.1 Å². The third-order valence-electron chi connectivity index (χ3n) is 2.71. The van der Waals surface area contributed by atoms with Crippen molar-refractivity contribution < 1.29 is 23.4 Å². The molecular weight excluding hydrogens is 283 g/mol. The molecule has 0 bridgehead atoms. The van der Waals surface area contributed by atoms with Crippen LogP contribution in [0.15, 0.2) is 22.7 Å². The van der Waals surface area contributed by atoms with E-state index in [2.05, 4.69) is 5.16 Å². The average molecular weight is 294 g/mol. The third kappa shape index (κ3) is 2.88. The van der Waals surface area contributed by atoms with Crippen molar-refractivity contribution >= 4 is 11.7 Å². The summed E-state index contributed by atoms with van der Waals surface area (Å²) in [5.74, 6) is -1.30. The monoisotopic (exact) mass is 294 g/mol. The molecule has 0 atom stereocenters. The molecule has 0 saturated heterocycles. The predicted octanol–water partition coefficient (Wildman–Crippen LogP) is 2.87. The number of halogens is 1. The van der Waals surface area contributed by atoms with E-state index in [9.17, 15) is 19.3 Å². The van der Waals surface area contributed by atoms with Crippen LogP contribution in [0.2, 0.25) is 0 Å². The number of rotatable bonds is 4. The van der Waals surface area contributed by atoms with Gasteiger partial charge >= 0.3 is 5.97 Å². The fraction of sp³-hybridized carbons (Fsp3) is 0.231. The number of carbonyl (C=O) groups excluding carboxylic acids is 1. The fourth-order valence-corrected chi connectivity index (χ4v) is 1.83. The van der Waals surface area contributed by atoms with Crippen LogP contribution in [-0.4, -0.2) is 22.7 Å². The zero-order valence-corrected chi connectivity index (χ0v) is 11.3. The van der Waals surface area contributed by atoms with Gasteiger partial charge in [-0.05, 0) is 19.9 Å². The van der Waals surface area contributed by atoms with Gasteiger partial charge in [0.1, 0.15) is 22.8 Å². The highest BCUT2D eigenvalue weighted by Gasteiger charge is 2.24. The van der Waals surface area contributed by atoms with Gasteiger partial charge in [-0.1, -0.05) is 5.16 Å². The summed E-state index contributed by atoms with van der Waals surface area (Å²) in [5.41, 5.74) is -0.340. The number of benzene rings is 1. The van der Waals surface area contributed by atoms with Gasteiger partial charge in [0.05, 0.1) is 17.6 Å². The first-order valence-corrected chi connectivity index (χ1v) is 6.02. The molecule has 0 fully saturated rings. The van der Waals surface area contributed by atoms with Crippen molar-refractivity contribution in [2.45, 2.75) is 13.8 Å². The van der Waals surface area contributed by atoms with Crippen molar-refractivity contribution in [2.24, 2.45) is 0 Å². The van der Waals surface area contributed by atoms with E-state index in [1.54, 1.807) is 6.92 Å². The number of nitrogens with zero attached hydrogens (tertiary/aromatic N) is 2. The van der Waals surface area contributed by atoms with Crippen molar-refractivity contribution in [2.75, 3.05) is 6.61 Å². The van der Waals surface area contributed by atoms with Crippen LogP contribution >= 0.6 is 0 Å². The highest BCUT2D eigenvalue weighted by atomic mass is 19.1. The maximum atomic E-state index is 13.5. The van der Waals surface area contributed by atoms with Crippen LogP contribution in [-0.2, 0) is 4.74 Å². The topological polar surface area (TPSA) is 95.5 Å². The van der Waals surface area contributed by atoms with Crippen LogP contribution in [0.3, 0.4) is 0 Å². The van der Waals surface area contributed by atoms with Crippen LogP contribution in [0.25, 0.3) is 11.3 Å². The lowest BCUT2D eigenvalue weighted by molar-refractivity contribution is -0.385. The van der Waals surface area contributed by atoms with E-state index in [0.717, 1.165) is 18.2 Å². The van der Waals surface area contributed by atoms with E-state index < -0.39 is 22.4 Å². The number of carbonyl (C=O) groups is 1. The summed E-state index contributed by atoms with van der Waals surface area (Å²) < 4.78 is 23.3. The number of esters is 1. The number of hydrogen-bond donors (Lipinski definition) is 0. The van der Waals surface area contributed by atoms with E-state index >= 15 is 0 Å². The van der Waals surface area contributed by atoms with Crippen LogP contribution in [0, 0.1) is 22.9 Å². The van der Waals surface area contributed by atoms with Gasteiger partial charge in [-0.2, -0.15) is 0 Å². The molecule has 0 N–H and O–H groups in total. The van der Waals surface area contributed by atoms with Crippen molar-refractivity contribution in [1.29, 1.82) is 0 Å². The molecule has 0 saturated carbocycles. The number of non-ortho nitro benzene ring substituents is 1. The molecule has 8 heteroatoms. The first-order chi connectivity index (χ1) is 9.93. The highest BCUT2D eigenvalue weighted by Crippen LogP contribution is 2.29. The minimum Gasteiger partial charge on any atom is -0.462 e. The van der Waals surface area contributed by atoms with Gasteiger partial charge in [-0.3, -0.25) is 10.1 Å². The first-order valence-electron chi connectivity index (χ1n) is 6.02. The van der Waals surface area contributed by atoms with E-state index in [1.807, 2.05) is 0 Å². The fourth-order valence-electron chi connectivity index (χ4n) is 1.83. The number of aromatic nitrogens is 1. The SMILES string of the molecule is CCOC(=O)c1c(-c2cc(F)cc([N+](=O)[O-])c2)noc1C. The molecule has 2 rings (SSSR count). The Morgan fingerprint density at radius 2 is 2.19 bits per heavy atom. The summed E-state index contributed by atoms with van der Waals surface area (Å²) in [6.45, 7) is 3.27. The van der Waals surface area contributed by atoms with Gasteiger partial charge in [0.15, 0.2) is 0 Å². The van der Waals surface area contributed by atoms with E-state index in [0.29, 0.717) is 0 Å². The Kier molecular flexibility index (Phi) is 3.97. The number of nitro benzene ring substituents is 1. The van der Waals surface area contributed by atoms with Crippen LogP contribution < -0.4 is 0 Å². The molecule has 1 heterocycles. The maximum Gasteiger partial charge on any atom is 0.344 e. The van der Waals surface area contributed by atoms with Crippen molar-refractivity contribution in [1.82, 2.24) is 5.16 Å².